The summed E-state index contributed by atoms with van der Waals surface area (Å²) in [5, 5.41) is 15.4. The molecule has 2 aromatic heterocycles. The predicted molar refractivity (Wildman–Crippen MR) is 91.2 cm³/mol. The van der Waals surface area contributed by atoms with Gasteiger partial charge < -0.3 is 4.90 Å². The second kappa shape index (κ2) is 6.77. The molecule has 1 aliphatic rings. The zero-order valence-electron chi connectivity index (χ0n) is 13.9. The van der Waals surface area contributed by atoms with Crippen LogP contribution in [0.4, 0.5) is 0 Å². The van der Waals surface area contributed by atoms with Gasteiger partial charge in [-0.2, -0.15) is 10.4 Å². The number of amides is 1. The molecule has 126 valence electrons. The van der Waals surface area contributed by atoms with Gasteiger partial charge in [0.1, 0.15) is 16.9 Å². The summed E-state index contributed by atoms with van der Waals surface area (Å²) >= 11 is 1.37. The summed E-state index contributed by atoms with van der Waals surface area (Å²) in [4.78, 5) is 22.7. The van der Waals surface area contributed by atoms with Gasteiger partial charge in [-0.25, -0.2) is 9.97 Å². The van der Waals surface area contributed by atoms with Crippen LogP contribution in [0.25, 0.3) is 11.0 Å². The average Bonchev–Trinajstić information content (AvgIpc) is 3.01. The third-order valence-corrected chi connectivity index (χ3v) is 5.72. The van der Waals surface area contributed by atoms with Crippen LogP contribution in [0.1, 0.15) is 32.1 Å². The van der Waals surface area contributed by atoms with E-state index in [1.807, 2.05) is 7.05 Å². The lowest BCUT2D eigenvalue weighted by Gasteiger charge is -2.39. The molecule has 0 aliphatic heterocycles. The number of rotatable bonds is 4. The quantitative estimate of drug-likeness (QED) is 0.624. The molecule has 0 saturated heterocycles. The minimum Gasteiger partial charge on any atom is -0.326 e. The molecule has 3 rings (SSSR count). The molecule has 2 aromatic rings. The van der Waals surface area contributed by atoms with Crippen LogP contribution in [-0.2, 0) is 11.8 Å². The first-order valence-electron chi connectivity index (χ1n) is 8.01. The van der Waals surface area contributed by atoms with E-state index in [1.54, 1.807) is 22.8 Å². The molecular weight excluding hydrogens is 324 g/mol. The molecule has 1 fully saturated rings. The van der Waals surface area contributed by atoms with Crippen LogP contribution in [-0.4, -0.2) is 48.9 Å². The van der Waals surface area contributed by atoms with E-state index >= 15 is 0 Å². The summed E-state index contributed by atoms with van der Waals surface area (Å²) in [6.07, 6.45) is 7.86. The molecule has 0 radical (unpaired) electrons. The lowest BCUT2D eigenvalue weighted by Crippen LogP contribution is -2.50. The smallest absolute Gasteiger partial charge is 0.234 e. The largest absolute Gasteiger partial charge is 0.326 e. The fourth-order valence-corrected chi connectivity index (χ4v) is 4.06. The van der Waals surface area contributed by atoms with E-state index in [-0.39, 0.29) is 11.7 Å². The van der Waals surface area contributed by atoms with Crippen molar-refractivity contribution in [3.05, 3.63) is 12.5 Å². The molecule has 0 atom stereocenters. The molecule has 1 saturated carbocycles. The van der Waals surface area contributed by atoms with E-state index in [0.29, 0.717) is 0 Å². The van der Waals surface area contributed by atoms with Gasteiger partial charge >= 0.3 is 0 Å². The molecule has 7 nitrogen and oxygen atoms in total. The molecule has 0 unspecified atom stereocenters. The highest BCUT2D eigenvalue weighted by Gasteiger charge is 2.38. The zero-order chi connectivity index (χ0) is 17.2. The first kappa shape index (κ1) is 16.7. The van der Waals surface area contributed by atoms with Crippen molar-refractivity contribution in [2.75, 3.05) is 12.8 Å². The Morgan fingerprint density at radius 2 is 2.17 bits per heavy atom. The predicted octanol–water partition coefficient (Wildman–Crippen LogP) is 2.14. The topological polar surface area (TPSA) is 87.7 Å². The Morgan fingerprint density at radius 3 is 2.88 bits per heavy atom. The molecule has 1 amide bonds. The van der Waals surface area contributed by atoms with Crippen LogP contribution in [0.5, 0.6) is 0 Å². The number of hydrogen-bond donors (Lipinski definition) is 0. The van der Waals surface area contributed by atoms with Gasteiger partial charge in [0.2, 0.25) is 5.91 Å². The van der Waals surface area contributed by atoms with E-state index in [4.69, 9.17) is 0 Å². The summed E-state index contributed by atoms with van der Waals surface area (Å²) in [6, 6.07) is 2.39. The fraction of sp³-hybridized carbons (Fsp3) is 0.562. The zero-order valence-corrected chi connectivity index (χ0v) is 14.7. The third-order valence-electron chi connectivity index (χ3n) is 4.73. The number of fused-ring (bicyclic) bond motifs is 1. The minimum absolute atomic E-state index is 0.0425. The van der Waals surface area contributed by atoms with Gasteiger partial charge in [-0.3, -0.25) is 9.48 Å². The van der Waals surface area contributed by atoms with E-state index < -0.39 is 5.54 Å². The monoisotopic (exact) mass is 344 g/mol. The van der Waals surface area contributed by atoms with Crippen LogP contribution in [0.2, 0.25) is 0 Å². The summed E-state index contributed by atoms with van der Waals surface area (Å²) in [5.74, 6) is 0.208. The first-order chi connectivity index (χ1) is 11.6. The van der Waals surface area contributed by atoms with E-state index in [9.17, 15) is 10.1 Å². The molecule has 2 heterocycles. The second-order valence-electron chi connectivity index (χ2n) is 6.13. The van der Waals surface area contributed by atoms with Crippen LogP contribution in [0.15, 0.2) is 17.6 Å². The summed E-state index contributed by atoms with van der Waals surface area (Å²) < 4.78 is 1.68. The molecule has 24 heavy (non-hydrogen) atoms. The van der Waals surface area contributed by atoms with Crippen LogP contribution in [0, 0.1) is 11.3 Å². The molecule has 0 bridgehead atoms. The highest BCUT2D eigenvalue weighted by molar-refractivity contribution is 8.00. The van der Waals surface area contributed by atoms with E-state index in [2.05, 4.69) is 21.1 Å². The summed E-state index contributed by atoms with van der Waals surface area (Å²) in [7, 11) is 3.57. The lowest BCUT2D eigenvalue weighted by atomic mass is 9.81. The fourth-order valence-electron chi connectivity index (χ4n) is 3.18. The number of carbonyl (C=O) groups excluding carboxylic acids is 1. The number of nitriles is 1. The highest BCUT2D eigenvalue weighted by atomic mass is 32.2. The van der Waals surface area contributed by atoms with Gasteiger partial charge in [0.25, 0.3) is 0 Å². The summed E-state index contributed by atoms with van der Waals surface area (Å²) in [5.41, 5.74) is 0.0969. The Morgan fingerprint density at radius 1 is 1.42 bits per heavy atom. The van der Waals surface area contributed by atoms with Gasteiger partial charge in [0.05, 0.1) is 23.4 Å². The third kappa shape index (κ3) is 2.96. The van der Waals surface area contributed by atoms with Gasteiger partial charge in [-0.15, -0.1) is 0 Å². The van der Waals surface area contributed by atoms with Gasteiger partial charge in [0.15, 0.2) is 5.65 Å². The van der Waals surface area contributed by atoms with Gasteiger partial charge in [0, 0.05) is 14.1 Å². The van der Waals surface area contributed by atoms with Crippen molar-refractivity contribution >= 4 is 28.7 Å². The van der Waals surface area contributed by atoms with Crippen molar-refractivity contribution in [3.63, 3.8) is 0 Å². The number of nitrogens with zero attached hydrogens (tertiary/aromatic N) is 6. The maximum absolute atomic E-state index is 12.6. The highest BCUT2D eigenvalue weighted by Crippen LogP contribution is 2.33. The molecule has 1 aliphatic carbocycles. The average molecular weight is 344 g/mol. The standard InChI is InChI=1S/C16H20N6OS/c1-21(16(10-17)6-4-3-5-7-16)13(23)9-24-15-12-8-20-22(2)14(12)18-11-19-15/h8,11H,3-7,9H2,1-2H3. The SMILES string of the molecule is CN(C(=O)CSc1ncnc2c1cnn2C)C1(C#N)CCCCC1. The Balaban J connectivity index is 1.71. The number of thioether (sulfide) groups is 1. The van der Waals surface area contributed by atoms with E-state index in [0.717, 1.165) is 48.2 Å². The number of aryl methyl sites for hydroxylation is 1. The minimum atomic E-state index is -0.648. The van der Waals surface area contributed by atoms with Crippen molar-refractivity contribution in [1.29, 1.82) is 5.26 Å². The van der Waals surface area contributed by atoms with Crippen LogP contribution in [0.3, 0.4) is 0 Å². The van der Waals surface area contributed by atoms with Gasteiger partial charge in [-0.1, -0.05) is 31.0 Å². The first-order valence-corrected chi connectivity index (χ1v) is 8.99. The maximum atomic E-state index is 12.6. The van der Waals surface area contributed by atoms with Crippen molar-refractivity contribution in [3.8, 4) is 6.07 Å². The molecule has 8 heteroatoms. The Bertz CT molecular complexity index is 789. The number of aromatic nitrogens is 4. The summed E-state index contributed by atoms with van der Waals surface area (Å²) in [6.45, 7) is 0. The normalized spacial score (nSPS) is 16.7. The van der Waals surface area contributed by atoms with E-state index in [1.165, 1.54) is 18.1 Å². The Hall–Kier alpha value is -2.14. The van der Waals surface area contributed by atoms with Crippen molar-refractivity contribution in [2.24, 2.45) is 7.05 Å². The Kier molecular flexibility index (Phi) is 4.71. The van der Waals surface area contributed by atoms with Crippen molar-refractivity contribution < 1.29 is 4.79 Å². The molecule has 0 aromatic carbocycles. The van der Waals surface area contributed by atoms with Crippen LogP contribution >= 0.6 is 11.8 Å². The van der Waals surface area contributed by atoms with Crippen LogP contribution < -0.4 is 0 Å². The maximum Gasteiger partial charge on any atom is 0.234 e. The van der Waals surface area contributed by atoms with Crippen molar-refractivity contribution in [1.82, 2.24) is 24.6 Å². The molecule has 0 N–H and O–H groups in total. The Labute approximate surface area is 145 Å². The van der Waals surface area contributed by atoms with Crippen molar-refractivity contribution in [2.45, 2.75) is 42.7 Å². The molecular formula is C16H20N6OS. The molecule has 0 spiro atoms. The number of carbonyl (C=O) groups is 1. The number of hydrogen-bond acceptors (Lipinski definition) is 6. The van der Waals surface area contributed by atoms with Gasteiger partial charge in [-0.05, 0) is 12.8 Å². The second-order valence-corrected chi connectivity index (χ2v) is 7.09. The lowest BCUT2D eigenvalue weighted by molar-refractivity contribution is -0.131.